The SMILES string of the molecule is COc1cc(-c2ncc(C)cn2)cc2c(N(C)CC(=O)O)ncnc12. The number of hydrogen-bond acceptors (Lipinski definition) is 7. The molecule has 0 spiro atoms. The number of rotatable bonds is 5. The number of anilines is 1. The molecule has 8 heteroatoms. The molecule has 1 aromatic carbocycles. The van der Waals surface area contributed by atoms with E-state index in [9.17, 15) is 4.79 Å². The standard InChI is InChI=1S/C17H17N5O3/c1-10-6-18-16(19-7-10)11-4-12-15(13(5-11)25-3)20-9-21-17(12)22(2)8-14(23)24/h4-7,9H,8H2,1-3H3,(H,23,24). The van der Waals surface area contributed by atoms with Crippen LogP contribution in [0, 0.1) is 6.92 Å². The van der Waals surface area contributed by atoms with Gasteiger partial charge in [0, 0.05) is 30.4 Å². The van der Waals surface area contributed by atoms with Gasteiger partial charge in [-0.05, 0) is 24.6 Å². The molecule has 0 aliphatic heterocycles. The lowest BCUT2D eigenvalue weighted by molar-refractivity contribution is -0.135. The number of ether oxygens (including phenoxy) is 1. The molecule has 25 heavy (non-hydrogen) atoms. The van der Waals surface area contributed by atoms with E-state index in [0.717, 1.165) is 11.1 Å². The number of benzene rings is 1. The molecule has 2 aromatic heterocycles. The lowest BCUT2D eigenvalue weighted by Gasteiger charge is -2.18. The average Bonchev–Trinajstić information content (AvgIpc) is 2.60. The van der Waals surface area contributed by atoms with Crippen molar-refractivity contribution in [3.05, 3.63) is 36.4 Å². The molecule has 0 aliphatic rings. The number of fused-ring (bicyclic) bond motifs is 1. The normalized spacial score (nSPS) is 10.7. The first-order chi connectivity index (χ1) is 12.0. The molecule has 0 amide bonds. The molecule has 128 valence electrons. The van der Waals surface area contributed by atoms with Gasteiger partial charge in [0.2, 0.25) is 0 Å². The Morgan fingerprint density at radius 2 is 1.92 bits per heavy atom. The molecule has 2 heterocycles. The predicted molar refractivity (Wildman–Crippen MR) is 92.8 cm³/mol. The van der Waals surface area contributed by atoms with Crippen molar-refractivity contribution in [3.63, 3.8) is 0 Å². The van der Waals surface area contributed by atoms with Gasteiger partial charge in [-0.3, -0.25) is 4.79 Å². The summed E-state index contributed by atoms with van der Waals surface area (Å²) in [5, 5.41) is 9.72. The molecule has 0 atom stereocenters. The van der Waals surface area contributed by atoms with Crippen LogP contribution in [0.25, 0.3) is 22.3 Å². The van der Waals surface area contributed by atoms with Gasteiger partial charge in [-0.2, -0.15) is 0 Å². The van der Waals surface area contributed by atoms with Crippen molar-refractivity contribution in [3.8, 4) is 17.1 Å². The molecule has 3 aromatic rings. The van der Waals surface area contributed by atoms with Crippen molar-refractivity contribution in [2.45, 2.75) is 6.92 Å². The summed E-state index contributed by atoms with van der Waals surface area (Å²) in [6, 6.07) is 3.65. The van der Waals surface area contributed by atoms with Crippen LogP contribution in [0.4, 0.5) is 5.82 Å². The van der Waals surface area contributed by atoms with E-state index >= 15 is 0 Å². The Morgan fingerprint density at radius 1 is 1.20 bits per heavy atom. The van der Waals surface area contributed by atoms with Crippen LogP contribution in [0.5, 0.6) is 5.75 Å². The van der Waals surface area contributed by atoms with Gasteiger partial charge in [-0.25, -0.2) is 19.9 Å². The fourth-order valence-corrected chi connectivity index (χ4v) is 2.53. The Balaban J connectivity index is 2.21. The highest BCUT2D eigenvalue weighted by molar-refractivity contribution is 5.97. The molecule has 0 bridgehead atoms. The molecule has 0 saturated heterocycles. The lowest BCUT2D eigenvalue weighted by Crippen LogP contribution is -2.26. The van der Waals surface area contributed by atoms with E-state index in [4.69, 9.17) is 9.84 Å². The maximum atomic E-state index is 11.0. The summed E-state index contributed by atoms with van der Waals surface area (Å²) >= 11 is 0. The summed E-state index contributed by atoms with van der Waals surface area (Å²) < 4.78 is 5.45. The third kappa shape index (κ3) is 3.32. The van der Waals surface area contributed by atoms with Gasteiger partial charge in [-0.1, -0.05) is 0 Å². The molecule has 1 N–H and O–H groups in total. The summed E-state index contributed by atoms with van der Waals surface area (Å²) in [6.45, 7) is 1.73. The summed E-state index contributed by atoms with van der Waals surface area (Å²) in [7, 11) is 3.22. The number of nitrogens with zero attached hydrogens (tertiary/aromatic N) is 5. The minimum absolute atomic E-state index is 0.181. The van der Waals surface area contributed by atoms with Crippen LogP contribution in [0.2, 0.25) is 0 Å². The summed E-state index contributed by atoms with van der Waals surface area (Å²) in [5.41, 5.74) is 2.30. The van der Waals surface area contributed by atoms with E-state index in [-0.39, 0.29) is 6.54 Å². The number of methoxy groups -OCH3 is 1. The van der Waals surface area contributed by atoms with Crippen LogP contribution in [0.3, 0.4) is 0 Å². The maximum Gasteiger partial charge on any atom is 0.323 e. The van der Waals surface area contributed by atoms with Crippen LogP contribution < -0.4 is 9.64 Å². The molecular formula is C17H17N5O3. The number of aromatic nitrogens is 4. The number of hydrogen-bond donors (Lipinski definition) is 1. The van der Waals surface area contributed by atoms with Gasteiger partial charge in [-0.15, -0.1) is 0 Å². The van der Waals surface area contributed by atoms with E-state index in [1.807, 2.05) is 13.0 Å². The first kappa shape index (κ1) is 16.6. The van der Waals surface area contributed by atoms with Crippen LogP contribution in [0.1, 0.15) is 5.56 Å². The number of aliphatic carboxylic acids is 1. The van der Waals surface area contributed by atoms with E-state index in [1.54, 1.807) is 37.5 Å². The minimum atomic E-state index is -0.945. The predicted octanol–water partition coefficient (Wildman–Crippen LogP) is 1.92. The number of carbonyl (C=O) groups is 1. The van der Waals surface area contributed by atoms with Gasteiger partial charge in [0.15, 0.2) is 5.82 Å². The van der Waals surface area contributed by atoms with Gasteiger partial charge < -0.3 is 14.7 Å². The molecular weight excluding hydrogens is 322 g/mol. The van der Waals surface area contributed by atoms with Crippen LogP contribution in [-0.4, -0.2) is 51.7 Å². The smallest absolute Gasteiger partial charge is 0.323 e. The Labute approximate surface area is 144 Å². The van der Waals surface area contributed by atoms with Gasteiger partial charge in [0.25, 0.3) is 0 Å². The van der Waals surface area contributed by atoms with E-state index in [1.165, 1.54) is 6.33 Å². The fraction of sp³-hybridized carbons (Fsp3) is 0.235. The third-order valence-electron chi connectivity index (χ3n) is 3.68. The van der Waals surface area contributed by atoms with E-state index < -0.39 is 5.97 Å². The van der Waals surface area contributed by atoms with Gasteiger partial charge in [0.1, 0.15) is 30.0 Å². The quantitative estimate of drug-likeness (QED) is 0.752. The Bertz CT molecular complexity index is 927. The number of carboxylic acids is 1. The van der Waals surface area contributed by atoms with Crippen LogP contribution in [0.15, 0.2) is 30.9 Å². The topological polar surface area (TPSA) is 101 Å². The maximum absolute atomic E-state index is 11.0. The monoisotopic (exact) mass is 339 g/mol. The minimum Gasteiger partial charge on any atom is -0.494 e. The van der Waals surface area contributed by atoms with Gasteiger partial charge in [0.05, 0.1) is 7.11 Å². The first-order valence-electron chi connectivity index (χ1n) is 7.54. The number of aryl methyl sites for hydroxylation is 1. The van der Waals surface area contributed by atoms with Crippen molar-refractivity contribution >= 4 is 22.7 Å². The summed E-state index contributed by atoms with van der Waals surface area (Å²) in [5.74, 6) is 0.643. The Morgan fingerprint density at radius 3 is 2.56 bits per heavy atom. The van der Waals surface area contributed by atoms with Crippen molar-refractivity contribution in [1.82, 2.24) is 19.9 Å². The third-order valence-corrected chi connectivity index (χ3v) is 3.68. The number of carboxylic acid groups (broad SMARTS) is 1. The van der Waals surface area contributed by atoms with Gasteiger partial charge >= 0.3 is 5.97 Å². The zero-order valence-electron chi connectivity index (χ0n) is 14.1. The summed E-state index contributed by atoms with van der Waals surface area (Å²) in [6.07, 6.45) is 4.86. The average molecular weight is 339 g/mol. The highest BCUT2D eigenvalue weighted by atomic mass is 16.5. The molecule has 0 radical (unpaired) electrons. The van der Waals surface area contributed by atoms with E-state index in [2.05, 4.69) is 19.9 Å². The van der Waals surface area contributed by atoms with Crippen LogP contribution >= 0.6 is 0 Å². The summed E-state index contributed by atoms with van der Waals surface area (Å²) in [4.78, 5) is 29.8. The van der Waals surface area contributed by atoms with Crippen molar-refractivity contribution in [2.24, 2.45) is 0 Å². The molecule has 0 fully saturated rings. The largest absolute Gasteiger partial charge is 0.494 e. The Hall–Kier alpha value is -3.29. The fourth-order valence-electron chi connectivity index (χ4n) is 2.53. The molecule has 0 saturated carbocycles. The molecule has 0 unspecified atom stereocenters. The number of likely N-dealkylation sites (N-methyl/N-ethyl adjacent to an activating group) is 1. The molecule has 8 nitrogen and oxygen atoms in total. The lowest BCUT2D eigenvalue weighted by atomic mass is 10.1. The highest BCUT2D eigenvalue weighted by Gasteiger charge is 2.16. The van der Waals surface area contributed by atoms with Crippen molar-refractivity contribution < 1.29 is 14.6 Å². The zero-order valence-corrected chi connectivity index (χ0v) is 14.1. The highest BCUT2D eigenvalue weighted by Crippen LogP contribution is 2.33. The van der Waals surface area contributed by atoms with E-state index in [0.29, 0.717) is 28.3 Å². The molecule has 0 aliphatic carbocycles. The van der Waals surface area contributed by atoms with Crippen molar-refractivity contribution in [2.75, 3.05) is 25.6 Å². The zero-order chi connectivity index (χ0) is 18.0. The second-order valence-corrected chi connectivity index (χ2v) is 5.61. The second-order valence-electron chi connectivity index (χ2n) is 5.61. The Kier molecular flexibility index (Phi) is 4.42. The molecule has 3 rings (SSSR count). The first-order valence-corrected chi connectivity index (χ1v) is 7.54. The van der Waals surface area contributed by atoms with Crippen molar-refractivity contribution in [1.29, 1.82) is 0 Å². The van der Waals surface area contributed by atoms with Crippen LogP contribution in [-0.2, 0) is 4.79 Å². The second kappa shape index (κ2) is 6.68.